The second-order valence-electron chi connectivity index (χ2n) is 3.11. The number of fused-ring (bicyclic) bond motifs is 1. The molecule has 0 unspecified atom stereocenters. The predicted molar refractivity (Wildman–Crippen MR) is 59.1 cm³/mol. The van der Waals surface area contributed by atoms with E-state index >= 15 is 0 Å². The summed E-state index contributed by atoms with van der Waals surface area (Å²) in [5.41, 5.74) is 0.989. The van der Waals surface area contributed by atoms with E-state index in [-0.39, 0.29) is 0 Å². The van der Waals surface area contributed by atoms with Gasteiger partial charge in [-0.2, -0.15) is 4.73 Å². The van der Waals surface area contributed by atoms with E-state index in [1.54, 1.807) is 4.73 Å². The van der Waals surface area contributed by atoms with Crippen LogP contribution in [0.1, 0.15) is 13.8 Å². The van der Waals surface area contributed by atoms with Crippen molar-refractivity contribution >= 4 is 10.9 Å². The number of ether oxygens (including phenoxy) is 1. The molecule has 0 spiro atoms. The van der Waals surface area contributed by atoms with Crippen LogP contribution in [-0.4, -0.2) is 17.9 Å². The molecule has 0 aliphatic rings. The van der Waals surface area contributed by atoms with Gasteiger partial charge in [-0.15, -0.1) is 0 Å². The lowest BCUT2D eigenvalue weighted by Crippen LogP contribution is -2.08. The van der Waals surface area contributed by atoms with Crippen molar-refractivity contribution in [3.8, 4) is 5.75 Å². The Balaban J connectivity index is 2.48. The maximum Gasteiger partial charge on any atom is 0.129 e. The predicted octanol–water partition coefficient (Wildman–Crippen LogP) is 2.29. The standard InChI is InChI=1S/C12H14NO2/c1-3-14-12-7-5-6-11-10(12)8-9-13(11)15-4-2/h6-9H,3-4H2,1-2H3. The maximum atomic E-state index is 5.51. The van der Waals surface area contributed by atoms with Gasteiger partial charge in [-0.3, -0.25) is 0 Å². The van der Waals surface area contributed by atoms with Gasteiger partial charge in [0.2, 0.25) is 0 Å². The summed E-state index contributed by atoms with van der Waals surface area (Å²) >= 11 is 0. The maximum absolute atomic E-state index is 5.51. The van der Waals surface area contributed by atoms with Crippen LogP contribution < -0.4 is 9.57 Å². The fourth-order valence-corrected chi connectivity index (χ4v) is 1.58. The highest BCUT2D eigenvalue weighted by atomic mass is 16.7. The van der Waals surface area contributed by atoms with Gasteiger partial charge in [-0.25, -0.2) is 0 Å². The lowest BCUT2D eigenvalue weighted by atomic mass is 10.2. The summed E-state index contributed by atoms with van der Waals surface area (Å²) < 4.78 is 7.25. The molecule has 3 nitrogen and oxygen atoms in total. The molecule has 1 radical (unpaired) electrons. The topological polar surface area (TPSA) is 23.4 Å². The van der Waals surface area contributed by atoms with Crippen molar-refractivity contribution in [2.45, 2.75) is 13.8 Å². The van der Waals surface area contributed by atoms with Gasteiger partial charge in [-0.1, -0.05) is 0 Å². The minimum absolute atomic E-state index is 0.642. The van der Waals surface area contributed by atoms with E-state index in [2.05, 4.69) is 6.07 Å². The molecule has 0 fully saturated rings. The highest BCUT2D eigenvalue weighted by molar-refractivity contribution is 5.86. The molecule has 0 atom stereocenters. The molecular formula is C12H14NO2. The Bertz CT molecular complexity index is 448. The minimum atomic E-state index is 0.642. The van der Waals surface area contributed by atoms with Crippen molar-refractivity contribution < 1.29 is 9.57 Å². The molecule has 3 heteroatoms. The lowest BCUT2D eigenvalue weighted by molar-refractivity contribution is 0.132. The molecule has 2 rings (SSSR count). The number of hydrogen-bond acceptors (Lipinski definition) is 2. The van der Waals surface area contributed by atoms with E-state index < -0.39 is 0 Å². The summed E-state index contributed by atoms with van der Waals surface area (Å²) in [6.45, 7) is 5.23. The van der Waals surface area contributed by atoms with Crippen LogP contribution in [0.2, 0.25) is 0 Å². The van der Waals surface area contributed by atoms with Crippen LogP contribution in [0.15, 0.2) is 24.4 Å². The zero-order valence-electron chi connectivity index (χ0n) is 8.99. The summed E-state index contributed by atoms with van der Waals surface area (Å²) in [5, 5.41) is 1.06. The fraction of sp³-hybridized carbons (Fsp3) is 0.333. The van der Waals surface area contributed by atoms with Crippen LogP contribution in [0, 0.1) is 6.07 Å². The van der Waals surface area contributed by atoms with E-state index in [1.807, 2.05) is 38.2 Å². The van der Waals surface area contributed by atoms with Crippen LogP contribution >= 0.6 is 0 Å². The van der Waals surface area contributed by atoms with Crippen molar-refractivity contribution in [1.82, 2.24) is 4.73 Å². The third-order valence-electron chi connectivity index (χ3n) is 2.16. The molecule has 0 aliphatic heterocycles. The molecule has 79 valence electrons. The first-order valence-corrected chi connectivity index (χ1v) is 5.14. The lowest BCUT2D eigenvalue weighted by Gasteiger charge is -2.07. The van der Waals surface area contributed by atoms with Crippen molar-refractivity contribution in [2.75, 3.05) is 13.2 Å². The average molecular weight is 204 g/mol. The molecular weight excluding hydrogens is 190 g/mol. The Morgan fingerprint density at radius 2 is 2.13 bits per heavy atom. The number of benzene rings is 1. The molecule has 0 amide bonds. The minimum Gasteiger partial charge on any atom is -0.493 e. The smallest absolute Gasteiger partial charge is 0.129 e. The van der Waals surface area contributed by atoms with Crippen molar-refractivity contribution in [1.29, 1.82) is 0 Å². The SMILES string of the molecule is CCOc1c[c]cc2c1ccn2OCC. The van der Waals surface area contributed by atoms with Gasteiger partial charge in [0.05, 0.1) is 12.1 Å². The summed E-state index contributed by atoms with van der Waals surface area (Å²) in [4.78, 5) is 5.43. The summed E-state index contributed by atoms with van der Waals surface area (Å²) in [6, 6.07) is 8.78. The number of aromatic nitrogens is 1. The Kier molecular flexibility index (Phi) is 2.81. The Hall–Kier alpha value is -1.64. The van der Waals surface area contributed by atoms with Crippen molar-refractivity contribution in [2.24, 2.45) is 0 Å². The number of rotatable bonds is 4. The first-order chi connectivity index (χ1) is 7.36. The number of hydrogen-bond donors (Lipinski definition) is 0. The largest absolute Gasteiger partial charge is 0.493 e. The van der Waals surface area contributed by atoms with E-state index in [0.29, 0.717) is 13.2 Å². The number of nitrogens with zero attached hydrogens (tertiary/aromatic N) is 1. The summed E-state index contributed by atoms with van der Waals surface area (Å²) in [5.74, 6) is 0.855. The highest BCUT2D eigenvalue weighted by Crippen LogP contribution is 2.25. The van der Waals surface area contributed by atoms with Gasteiger partial charge in [0.25, 0.3) is 0 Å². The normalized spacial score (nSPS) is 10.5. The molecule has 0 saturated heterocycles. The van der Waals surface area contributed by atoms with Crippen LogP contribution in [0.4, 0.5) is 0 Å². The van der Waals surface area contributed by atoms with E-state index in [0.717, 1.165) is 16.7 Å². The summed E-state index contributed by atoms with van der Waals surface area (Å²) in [6.07, 6.45) is 1.89. The molecule has 0 aliphatic carbocycles. The van der Waals surface area contributed by atoms with E-state index in [1.165, 1.54) is 0 Å². The van der Waals surface area contributed by atoms with Crippen molar-refractivity contribution in [3.05, 3.63) is 30.5 Å². The van der Waals surface area contributed by atoms with Crippen LogP contribution in [0.3, 0.4) is 0 Å². The molecule has 1 heterocycles. The Labute approximate surface area is 89.2 Å². The van der Waals surface area contributed by atoms with Gasteiger partial charge < -0.3 is 9.57 Å². The van der Waals surface area contributed by atoms with E-state index in [9.17, 15) is 0 Å². The van der Waals surface area contributed by atoms with Gasteiger partial charge in [-0.05, 0) is 38.1 Å². The quantitative estimate of drug-likeness (QED) is 0.762. The molecule has 15 heavy (non-hydrogen) atoms. The van der Waals surface area contributed by atoms with E-state index in [4.69, 9.17) is 9.57 Å². The fourth-order valence-electron chi connectivity index (χ4n) is 1.58. The second kappa shape index (κ2) is 4.26. The molecule has 1 aromatic heterocycles. The van der Waals surface area contributed by atoms with Gasteiger partial charge >= 0.3 is 0 Å². The third kappa shape index (κ3) is 1.77. The van der Waals surface area contributed by atoms with Gasteiger partial charge in [0.15, 0.2) is 0 Å². The van der Waals surface area contributed by atoms with Gasteiger partial charge in [0.1, 0.15) is 12.4 Å². The second-order valence-corrected chi connectivity index (χ2v) is 3.11. The Morgan fingerprint density at radius 1 is 1.27 bits per heavy atom. The first kappa shape index (κ1) is 9.90. The van der Waals surface area contributed by atoms with Crippen LogP contribution in [0.25, 0.3) is 10.9 Å². The summed E-state index contributed by atoms with van der Waals surface area (Å²) in [7, 11) is 0. The Morgan fingerprint density at radius 3 is 2.87 bits per heavy atom. The molecule has 0 saturated carbocycles. The molecule has 2 aromatic rings. The zero-order chi connectivity index (χ0) is 10.7. The monoisotopic (exact) mass is 204 g/mol. The zero-order valence-corrected chi connectivity index (χ0v) is 8.99. The highest BCUT2D eigenvalue weighted by Gasteiger charge is 2.06. The molecule has 1 aromatic carbocycles. The van der Waals surface area contributed by atoms with Crippen LogP contribution in [-0.2, 0) is 0 Å². The average Bonchev–Trinajstić information content (AvgIpc) is 2.64. The van der Waals surface area contributed by atoms with Gasteiger partial charge in [0, 0.05) is 11.6 Å². The first-order valence-electron chi connectivity index (χ1n) is 5.14. The molecule has 0 N–H and O–H groups in total. The van der Waals surface area contributed by atoms with Crippen LogP contribution in [0.5, 0.6) is 5.75 Å². The van der Waals surface area contributed by atoms with Crippen molar-refractivity contribution in [3.63, 3.8) is 0 Å². The third-order valence-corrected chi connectivity index (χ3v) is 2.16. The molecule has 0 bridgehead atoms.